The van der Waals surface area contributed by atoms with Crippen molar-refractivity contribution in [2.45, 2.75) is 45.5 Å². The van der Waals surface area contributed by atoms with E-state index in [4.69, 9.17) is 10.2 Å². The van der Waals surface area contributed by atoms with Crippen LogP contribution in [0.2, 0.25) is 0 Å². The van der Waals surface area contributed by atoms with Gasteiger partial charge in [-0.25, -0.2) is 9.69 Å². The zero-order valence-corrected chi connectivity index (χ0v) is 8.59. The normalized spacial score (nSPS) is 29.6. The van der Waals surface area contributed by atoms with Crippen molar-refractivity contribution in [3.8, 4) is 0 Å². The topological polar surface area (TPSA) is 46.6 Å². The highest BCUT2D eigenvalue weighted by Gasteiger charge is 2.28. The first kappa shape index (κ1) is 6.43. The molecule has 0 spiro atoms. The maximum Gasteiger partial charge on any atom is 0.417 e. The van der Waals surface area contributed by atoms with Crippen LogP contribution in [0.5, 0.6) is 0 Å². The largest absolute Gasteiger partial charge is 0.443 e. The predicted molar refractivity (Wildman–Crippen MR) is 51.8 cm³/mol. The second-order valence-corrected chi connectivity index (χ2v) is 3.98. The summed E-state index contributed by atoms with van der Waals surface area (Å²) in [5, 5.41) is 0. The molecule has 0 saturated carbocycles. The molecule has 0 aromatic carbocycles. The molecular weight excluding hydrogens is 182 g/mol. The Morgan fingerprint density at radius 2 is 2.21 bits per heavy atom. The zero-order valence-electron chi connectivity index (χ0n) is 12.6. The molecule has 1 heterocycles. The van der Waals surface area contributed by atoms with Crippen molar-refractivity contribution in [3.63, 3.8) is 0 Å². The smallest absolute Gasteiger partial charge is 0.417 e. The molecule has 0 radical (unpaired) electrons. The van der Waals surface area contributed by atoms with Crippen LogP contribution < -0.4 is 0 Å². The van der Waals surface area contributed by atoms with Gasteiger partial charge in [0.15, 0.2) is 0 Å². The lowest BCUT2D eigenvalue weighted by Gasteiger charge is -2.28. The van der Waals surface area contributed by atoms with Crippen LogP contribution in [0.15, 0.2) is 0 Å². The molecule has 1 saturated heterocycles. The molecule has 14 heavy (non-hydrogen) atoms. The van der Waals surface area contributed by atoms with Crippen LogP contribution >= 0.6 is 0 Å². The number of carbonyl (C=O) groups is 2. The minimum Gasteiger partial charge on any atom is -0.443 e. The molecule has 4 nitrogen and oxygen atoms in total. The highest BCUT2D eigenvalue weighted by Crippen LogP contribution is 2.15. The summed E-state index contributed by atoms with van der Waals surface area (Å²) >= 11 is 0. The van der Waals surface area contributed by atoms with Gasteiger partial charge in [-0.05, 0) is 33.6 Å². The first-order valence-electron chi connectivity index (χ1n) is 6.39. The van der Waals surface area contributed by atoms with E-state index in [2.05, 4.69) is 0 Å². The van der Waals surface area contributed by atoms with Crippen LogP contribution in [-0.2, 0) is 9.53 Å². The van der Waals surface area contributed by atoms with Gasteiger partial charge in [0.2, 0.25) is 5.91 Å². The van der Waals surface area contributed by atoms with E-state index in [1.165, 1.54) is 0 Å². The molecule has 0 aromatic rings. The van der Waals surface area contributed by atoms with Crippen molar-refractivity contribution in [3.05, 3.63) is 0 Å². The molecule has 2 amide bonds. The number of carbonyl (C=O) groups excluding carboxylic acids is 2. The van der Waals surface area contributed by atoms with E-state index in [0.717, 1.165) is 0 Å². The third-order valence-electron chi connectivity index (χ3n) is 1.49. The van der Waals surface area contributed by atoms with Gasteiger partial charge in [-0.1, -0.05) is 0 Å². The number of nitrogens with zero attached hydrogens (tertiary/aromatic N) is 1. The summed E-state index contributed by atoms with van der Waals surface area (Å²) in [6.45, 7) is 4.36. The van der Waals surface area contributed by atoms with Gasteiger partial charge in [-0.3, -0.25) is 4.79 Å². The number of piperidine rings is 1. The van der Waals surface area contributed by atoms with Gasteiger partial charge in [0.05, 0.1) is 0 Å². The maximum absolute atomic E-state index is 11.7. The lowest BCUT2D eigenvalue weighted by molar-refractivity contribution is -0.132. The minimum absolute atomic E-state index is 0.486. The van der Waals surface area contributed by atoms with Gasteiger partial charge in [-0.2, -0.15) is 0 Å². The van der Waals surface area contributed by atoms with E-state index in [0.29, 0.717) is 4.90 Å². The Morgan fingerprint density at radius 1 is 1.57 bits per heavy atom. The van der Waals surface area contributed by atoms with E-state index in [1.807, 2.05) is 0 Å². The maximum atomic E-state index is 11.7. The van der Waals surface area contributed by atoms with Crippen LogP contribution in [0, 0.1) is 0 Å². The van der Waals surface area contributed by atoms with E-state index < -0.39 is 43.3 Å². The van der Waals surface area contributed by atoms with Crippen LogP contribution in [0.3, 0.4) is 0 Å². The summed E-state index contributed by atoms with van der Waals surface area (Å²) < 4.78 is 35.0. The van der Waals surface area contributed by atoms with E-state index in [9.17, 15) is 9.59 Å². The fourth-order valence-electron chi connectivity index (χ4n) is 0.938. The number of hydrogen-bond acceptors (Lipinski definition) is 3. The summed E-state index contributed by atoms with van der Waals surface area (Å²) in [7, 11) is 0. The Morgan fingerprint density at radius 3 is 2.79 bits per heavy atom. The molecule has 4 heteroatoms. The van der Waals surface area contributed by atoms with Crippen LogP contribution in [0.25, 0.3) is 0 Å². The molecule has 0 unspecified atom stereocenters. The van der Waals surface area contributed by atoms with Gasteiger partial charge in [0.1, 0.15) is 5.60 Å². The van der Waals surface area contributed by atoms with Crippen molar-refractivity contribution in [2.24, 2.45) is 0 Å². The van der Waals surface area contributed by atoms with Crippen molar-refractivity contribution < 1.29 is 19.8 Å². The average molecular weight is 203 g/mol. The number of ether oxygens (including phenoxy) is 1. The minimum atomic E-state index is -2.39. The first-order valence-corrected chi connectivity index (χ1v) is 4.39. The fraction of sp³-hybridized carbons (Fsp3) is 0.800. The van der Waals surface area contributed by atoms with Crippen molar-refractivity contribution in [1.29, 1.82) is 0 Å². The summed E-state index contributed by atoms with van der Waals surface area (Å²) in [6, 6.07) is 0. The van der Waals surface area contributed by atoms with Crippen molar-refractivity contribution >= 4 is 12.0 Å². The zero-order chi connectivity index (χ0) is 14.4. The highest BCUT2D eigenvalue weighted by molar-refractivity contribution is 5.92. The predicted octanol–water partition coefficient (Wildman–Crippen LogP) is 1.93. The lowest BCUT2D eigenvalue weighted by atomic mass is 10.1. The molecule has 0 N–H and O–H groups in total. The van der Waals surface area contributed by atoms with Gasteiger partial charge < -0.3 is 4.74 Å². The van der Waals surface area contributed by atoms with E-state index >= 15 is 0 Å². The molecule has 0 aliphatic carbocycles. The Hall–Kier alpha value is -1.06. The second kappa shape index (κ2) is 3.98. The molecule has 1 aliphatic rings. The second-order valence-electron chi connectivity index (χ2n) is 3.98. The van der Waals surface area contributed by atoms with Crippen molar-refractivity contribution in [2.75, 3.05) is 6.54 Å². The Labute approximate surface area is 89.8 Å². The van der Waals surface area contributed by atoms with Crippen LogP contribution in [0.4, 0.5) is 4.79 Å². The monoisotopic (exact) mass is 203 g/mol. The Bertz CT molecular complexity index is 376. The number of likely N-dealkylation sites (tertiary alicyclic amines) is 1. The van der Waals surface area contributed by atoms with Gasteiger partial charge >= 0.3 is 6.09 Å². The Kier molecular flexibility index (Phi) is 1.83. The van der Waals surface area contributed by atoms with Gasteiger partial charge in [0, 0.05) is 18.4 Å². The average Bonchev–Trinajstić information content (AvgIpc) is 2.06. The van der Waals surface area contributed by atoms with Crippen LogP contribution in [-0.4, -0.2) is 29.0 Å². The van der Waals surface area contributed by atoms with E-state index in [-0.39, 0.29) is 0 Å². The summed E-state index contributed by atoms with van der Waals surface area (Å²) in [4.78, 5) is 24.0. The molecule has 1 aliphatic heterocycles. The Balaban J connectivity index is 2.93. The van der Waals surface area contributed by atoms with Gasteiger partial charge in [0.25, 0.3) is 0 Å². The molecular formula is C10H17NO3. The molecule has 0 aromatic heterocycles. The molecule has 0 atom stereocenters. The number of imide groups is 1. The fourth-order valence-corrected chi connectivity index (χ4v) is 0.938. The van der Waals surface area contributed by atoms with Crippen LogP contribution in [0.1, 0.15) is 45.4 Å². The first-order chi connectivity index (χ1) is 7.84. The SMILES string of the molecule is [2H]C1([2H])CN(C(=O)OC(C)(C)C)C(=O)C([2H])([2H])C1. The third-order valence-corrected chi connectivity index (χ3v) is 1.49. The molecule has 1 rings (SSSR count). The number of rotatable bonds is 0. The summed E-state index contributed by atoms with van der Waals surface area (Å²) in [5.74, 6) is -1.05. The number of amides is 2. The molecule has 1 fully saturated rings. The summed E-state index contributed by atoms with van der Waals surface area (Å²) in [6.07, 6.45) is -5.91. The van der Waals surface area contributed by atoms with Crippen molar-refractivity contribution in [1.82, 2.24) is 4.90 Å². The third kappa shape index (κ3) is 3.01. The standard InChI is InChI=1S/C10H17NO3/c1-10(2,3)14-9(13)11-7-5-4-6-8(11)12/h4-7H2,1-3H3/i5D2,6D2. The summed E-state index contributed by atoms with van der Waals surface area (Å²) in [5.41, 5.74) is -0.825. The van der Waals surface area contributed by atoms with E-state index in [1.54, 1.807) is 20.8 Å². The highest BCUT2D eigenvalue weighted by atomic mass is 16.6. The lowest BCUT2D eigenvalue weighted by Crippen LogP contribution is -2.43. The quantitative estimate of drug-likeness (QED) is 0.604. The van der Waals surface area contributed by atoms with Gasteiger partial charge in [-0.15, -0.1) is 0 Å². The molecule has 0 bridgehead atoms. The molecule has 80 valence electrons. The number of hydrogen-bond donors (Lipinski definition) is 0.